The van der Waals surface area contributed by atoms with Crippen LogP contribution in [0.15, 0.2) is 24.3 Å². The number of nitrogens with zero attached hydrogens (tertiary/aromatic N) is 1. The molecule has 1 unspecified atom stereocenters. The second kappa shape index (κ2) is 6.40. The Kier molecular flexibility index (Phi) is 5.16. The van der Waals surface area contributed by atoms with E-state index < -0.39 is 0 Å². The van der Waals surface area contributed by atoms with E-state index in [1.165, 1.54) is 0 Å². The Bertz CT molecular complexity index is 385. The predicted molar refractivity (Wildman–Crippen MR) is 73.9 cm³/mol. The molecule has 4 heteroatoms. The largest absolute Gasteiger partial charge is 0.394 e. The van der Waals surface area contributed by atoms with E-state index in [2.05, 4.69) is 5.32 Å². The number of rotatable bonds is 5. The molecule has 0 radical (unpaired) electrons. The summed E-state index contributed by atoms with van der Waals surface area (Å²) < 4.78 is 0. The molecule has 1 atom stereocenters. The van der Waals surface area contributed by atoms with Gasteiger partial charge in [0.1, 0.15) is 0 Å². The maximum atomic E-state index is 12.0. The van der Waals surface area contributed by atoms with Gasteiger partial charge in [0.15, 0.2) is 0 Å². The number of aliphatic hydroxyl groups is 1. The highest BCUT2D eigenvalue weighted by Gasteiger charge is 2.16. The van der Waals surface area contributed by atoms with E-state index in [-0.39, 0.29) is 24.5 Å². The van der Waals surface area contributed by atoms with Crippen LogP contribution in [0.1, 0.15) is 24.2 Å². The van der Waals surface area contributed by atoms with E-state index in [9.17, 15) is 9.90 Å². The Morgan fingerprint density at radius 2 is 1.83 bits per heavy atom. The lowest BCUT2D eigenvalue weighted by Gasteiger charge is -2.20. The number of hydrogen-bond donors (Lipinski definition) is 2. The lowest BCUT2D eigenvalue weighted by Crippen LogP contribution is -2.41. The topological polar surface area (TPSA) is 52.6 Å². The second-order valence-corrected chi connectivity index (χ2v) is 4.95. The first-order valence-electron chi connectivity index (χ1n) is 6.14. The summed E-state index contributed by atoms with van der Waals surface area (Å²) in [5.41, 5.74) is 1.66. The summed E-state index contributed by atoms with van der Waals surface area (Å²) in [5.74, 6) is 0.0630. The molecule has 0 fully saturated rings. The first-order valence-corrected chi connectivity index (χ1v) is 6.14. The monoisotopic (exact) mass is 250 g/mol. The summed E-state index contributed by atoms with van der Waals surface area (Å²) in [6.45, 7) is 3.89. The van der Waals surface area contributed by atoms with Gasteiger partial charge in [0.2, 0.25) is 0 Å². The van der Waals surface area contributed by atoms with Crippen molar-refractivity contribution in [2.24, 2.45) is 5.92 Å². The fourth-order valence-corrected chi connectivity index (χ4v) is 1.59. The van der Waals surface area contributed by atoms with Crippen molar-refractivity contribution in [3.05, 3.63) is 29.8 Å². The molecule has 1 aromatic rings. The molecule has 0 aromatic heterocycles. The minimum absolute atomic E-state index is 0.0425. The number of hydrogen-bond acceptors (Lipinski definition) is 3. The fraction of sp³-hybridized carbons (Fsp3) is 0.500. The summed E-state index contributed by atoms with van der Waals surface area (Å²) in [5, 5.41) is 12.0. The standard InChI is InChI=1S/C14H22N2O2/c1-10(2)13(9-17)15-14(18)11-5-7-12(8-6-11)16(3)4/h5-8,10,13,17H,9H2,1-4H3,(H,15,18). The van der Waals surface area contributed by atoms with Crippen LogP contribution in [0.2, 0.25) is 0 Å². The molecule has 1 rings (SSSR count). The van der Waals surface area contributed by atoms with Crippen LogP contribution < -0.4 is 10.2 Å². The Morgan fingerprint density at radius 1 is 1.28 bits per heavy atom. The maximum Gasteiger partial charge on any atom is 0.251 e. The highest BCUT2D eigenvalue weighted by Crippen LogP contribution is 2.12. The van der Waals surface area contributed by atoms with Gasteiger partial charge in [0.05, 0.1) is 12.6 Å². The van der Waals surface area contributed by atoms with Crippen LogP contribution in [0.3, 0.4) is 0 Å². The van der Waals surface area contributed by atoms with Gasteiger partial charge in [0.25, 0.3) is 5.91 Å². The van der Waals surface area contributed by atoms with Gasteiger partial charge in [-0.1, -0.05) is 13.8 Å². The third kappa shape index (κ3) is 3.74. The van der Waals surface area contributed by atoms with Gasteiger partial charge in [-0.15, -0.1) is 0 Å². The zero-order valence-corrected chi connectivity index (χ0v) is 11.5. The van der Waals surface area contributed by atoms with Crippen LogP contribution in [0.4, 0.5) is 5.69 Å². The number of carbonyl (C=O) groups is 1. The van der Waals surface area contributed by atoms with Gasteiger partial charge in [-0.3, -0.25) is 4.79 Å². The van der Waals surface area contributed by atoms with Crippen molar-refractivity contribution in [2.75, 3.05) is 25.6 Å². The van der Waals surface area contributed by atoms with Crippen molar-refractivity contribution < 1.29 is 9.90 Å². The summed E-state index contributed by atoms with van der Waals surface area (Å²) in [7, 11) is 3.91. The van der Waals surface area contributed by atoms with Gasteiger partial charge in [-0.05, 0) is 30.2 Å². The van der Waals surface area contributed by atoms with Gasteiger partial charge < -0.3 is 15.3 Å². The van der Waals surface area contributed by atoms with Crippen LogP contribution in [0.5, 0.6) is 0 Å². The fourth-order valence-electron chi connectivity index (χ4n) is 1.59. The molecule has 0 aliphatic rings. The Balaban J connectivity index is 2.72. The highest BCUT2D eigenvalue weighted by molar-refractivity contribution is 5.94. The molecule has 0 heterocycles. The highest BCUT2D eigenvalue weighted by atomic mass is 16.3. The van der Waals surface area contributed by atoms with E-state index >= 15 is 0 Å². The van der Waals surface area contributed by atoms with Crippen LogP contribution in [-0.2, 0) is 0 Å². The van der Waals surface area contributed by atoms with Crippen molar-refractivity contribution in [1.29, 1.82) is 0 Å². The van der Waals surface area contributed by atoms with Crippen LogP contribution in [0.25, 0.3) is 0 Å². The zero-order chi connectivity index (χ0) is 13.7. The van der Waals surface area contributed by atoms with Crippen LogP contribution >= 0.6 is 0 Å². The molecular weight excluding hydrogens is 228 g/mol. The van der Waals surface area contributed by atoms with Crippen LogP contribution in [0, 0.1) is 5.92 Å². The van der Waals surface area contributed by atoms with E-state index in [4.69, 9.17) is 0 Å². The molecule has 0 aliphatic heterocycles. The molecule has 1 amide bonds. The SMILES string of the molecule is CC(C)C(CO)NC(=O)c1ccc(N(C)C)cc1. The molecule has 18 heavy (non-hydrogen) atoms. The number of nitrogens with one attached hydrogen (secondary N) is 1. The normalized spacial score (nSPS) is 12.3. The predicted octanol–water partition coefficient (Wildman–Crippen LogP) is 1.50. The molecule has 0 bridgehead atoms. The number of benzene rings is 1. The van der Waals surface area contributed by atoms with Crippen molar-refractivity contribution in [2.45, 2.75) is 19.9 Å². The number of carbonyl (C=O) groups excluding carboxylic acids is 1. The third-order valence-corrected chi connectivity index (χ3v) is 2.96. The first-order chi connectivity index (χ1) is 8.45. The molecule has 0 spiro atoms. The number of aliphatic hydroxyl groups excluding tert-OH is 1. The van der Waals surface area contributed by atoms with Gasteiger partial charge in [-0.25, -0.2) is 0 Å². The Hall–Kier alpha value is -1.55. The third-order valence-electron chi connectivity index (χ3n) is 2.96. The van der Waals surface area contributed by atoms with Crippen molar-refractivity contribution in [3.8, 4) is 0 Å². The smallest absolute Gasteiger partial charge is 0.251 e. The molecule has 0 saturated heterocycles. The van der Waals surface area contributed by atoms with E-state index in [1.54, 1.807) is 12.1 Å². The molecule has 1 aromatic carbocycles. The summed E-state index contributed by atoms with van der Waals surface area (Å²) >= 11 is 0. The average molecular weight is 250 g/mol. The summed E-state index contributed by atoms with van der Waals surface area (Å²) in [6.07, 6.45) is 0. The molecule has 2 N–H and O–H groups in total. The quantitative estimate of drug-likeness (QED) is 0.832. The maximum absolute atomic E-state index is 12.0. The lowest BCUT2D eigenvalue weighted by atomic mass is 10.0. The van der Waals surface area contributed by atoms with Crippen molar-refractivity contribution in [3.63, 3.8) is 0 Å². The Morgan fingerprint density at radius 3 is 2.22 bits per heavy atom. The first kappa shape index (κ1) is 14.5. The van der Waals surface area contributed by atoms with Crippen LogP contribution in [-0.4, -0.2) is 37.8 Å². The zero-order valence-electron chi connectivity index (χ0n) is 11.5. The van der Waals surface area contributed by atoms with Gasteiger partial charge in [-0.2, -0.15) is 0 Å². The molecule has 4 nitrogen and oxygen atoms in total. The molecule has 100 valence electrons. The van der Waals surface area contributed by atoms with Gasteiger partial charge in [0, 0.05) is 25.3 Å². The lowest BCUT2D eigenvalue weighted by molar-refractivity contribution is 0.0897. The van der Waals surface area contributed by atoms with E-state index in [1.807, 2.05) is 45.0 Å². The van der Waals surface area contributed by atoms with Crippen molar-refractivity contribution in [1.82, 2.24) is 5.32 Å². The minimum Gasteiger partial charge on any atom is -0.394 e. The molecule has 0 saturated carbocycles. The Labute approximate surface area is 109 Å². The summed E-state index contributed by atoms with van der Waals surface area (Å²) in [4.78, 5) is 13.9. The number of anilines is 1. The average Bonchev–Trinajstić information content (AvgIpc) is 2.35. The van der Waals surface area contributed by atoms with E-state index in [0.29, 0.717) is 5.56 Å². The summed E-state index contributed by atoms with van der Waals surface area (Å²) in [6, 6.07) is 7.18. The number of amides is 1. The van der Waals surface area contributed by atoms with Crippen molar-refractivity contribution >= 4 is 11.6 Å². The minimum atomic E-state index is -0.203. The van der Waals surface area contributed by atoms with E-state index in [0.717, 1.165) is 5.69 Å². The molecular formula is C14H22N2O2. The molecule has 0 aliphatic carbocycles. The second-order valence-electron chi connectivity index (χ2n) is 4.95. The van der Waals surface area contributed by atoms with Gasteiger partial charge >= 0.3 is 0 Å².